The van der Waals surface area contributed by atoms with Crippen molar-refractivity contribution >= 4 is 11.7 Å². The number of rotatable bonds is 7. The zero-order chi connectivity index (χ0) is 19.1. The van der Waals surface area contributed by atoms with E-state index >= 15 is 0 Å². The van der Waals surface area contributed by atoms with Gasteiger partial charge in [-0.15, -0.1) is 0 Å². The van der Waals surface area contributed by atoms with Crippen molar-refractivity contribution in [3.05, 3.63) is 83.6 Å². The number of hydrogen-bond acceptors (Lipinski definition) is 5. The van der Waals surface area contributed by atoms with Crippen molar-refractivity contribution < 1.29 is 13.9 Å². The van der Waals surface area contributed by atoms with E-state index in [1.165, 1.54) is 18.5 Å². The van der Waals surface area contributed by atoms with E-state index in [2.05, 4.69) is 20.6 Å². The standard InChI is InChI=1S/C20H19FN4O2/c1-27-17-8-4-15(5-9-17)12-23-20(26)18-10-19(25-13-24-18)22-11-14-2-6-16(21)7-3-14/h2-10,13H,11-12H2,1H3,(H,23,26)(H,22,24,25). The van der Waals surface area contributed by atoms with Crippen LogP contribution in [0.2, 0.25) is 0 Å². The molecule has 0 aliphatic carbocycles. The Hall–Kier alpha value is -3.48. The van der Waals surface area contributed by atoms with Crippen molar-refractivity contribution in [2.24, 2.45) is 0 Å². The second kappa shape index (κ2) is 8.75. The van der Waals surface area contributed by atoms with Crippen LogP contribution in [0.3, 0.4) is 0 Å². The van der Waals surface area contributed by atoms with Gasteiger partial charge in [0.05, 0.1) is 7.11 Å². The van der Waals surface area contributed by atoms with E-state index in [0.29, 0.717) is 18.9 Å². The first-order valence-corrected chi connectivity index (χ1v) is 8.35. The van der Waals surface area contributed by atoms with Gasteiger partial charge in [-0.3, -0.25) is 4.79 Å². The summed E-state index contributed by atoms with van der Waals surface area (Å²) in [4.78, 5) is 20.4. The first kappa shape index (κ1) is 18.3. The zero-order valence-electron chi connectivity index (χ0n) is 14.8. The Balaban J connectivity index is 1.56. The molecule has 6 nitrogen and oxygen atoms in total. The Labute approximate surface area is 156 Å². The third-order valence-corrected chi connectivity index (χ3v) is 3.90. The van der Waals surface area contributed by atoms with Gasteiger partial charge in [-0.2, -0.15) is 0 Å². The van der Waals surface area contributed by atoms with Crippen molar-refractivity contribution in [3.63, 3.8) is 0 Å². The van der Waals surface area contributed by atoms with Gasteiger partial charge in [-0.05, 0) is 35.4 Å². The summed E-state index contributed by atoms with van der Waals surface area (Å²) in [6.07, 6.45) is 1.33. The number of aromatic nitrogens is 2. The highest BCUT2D eigenvalue weighted by Crippen LogP contribution is 2.12. The maximum atomic E-state index is 12.9. The predicted octanol–water partition coefficient (Wildman–Crippen LogP) is 3.17. The molecule has 0 unspecified atom stereocenters. The largest absolute Gasteiger partial charge is 0.497 e. The second-order valence-corrected chi connectivity index (χ2v) is 5.80. The fourth-order valence-corrected chi connectivity index (χ4v) is 2.39. The molecule has 0 saturated heterocycles. The molecule has 138 valence electrons. The van der Waals surface area contributed by atoms with Gasteiger partial charge in [0.1, 0.15) is 29.4 Å². The lowest BCUT2D eigenvalue weighted by Gasteiger charge is -2.08. The van der Waals surface area contributed by atoms with Crippen LogP contribution in [0, 0.1) is 5.82 Å². The van der Waals surface area contributed by atoms with Crippen molar-refractivity contribution in [3.8, 4) is 5.75 Å². The molecule has 1 amide bonds. The molecule has 2 aromatic carbocycles. The number of benzene rings is 2. The van der Waals surface area contributed by atoms with Gasteiger partial charge < -0.3 is 15.4 Å². The average molecular weight is 366 g/mol. The first-order chi connectivity index (χ1) is 13.1. The molecule has 1 aromatic heterocycles. The fourth-order valence-electron chi connectivity index (χ4n) is 2.39. The minimum Gasteiger partial charge on any atom is -0.497 e. The number of ether oxygens (including phenoxy) is 1. The van der Waals surface area contributed by atoms with E-state index in [1.807, 2.05) is 24.3 Å². The van der Waals surface area contributed by atoms with Crippen molar-refractivity contribution in [1.29, 1.82) is 0 Å². The van der Waals surface area contributed by atoms with Crippen molar-refractivity contribution in [1.82, 2.24) is 15.3 Å². The molecule has 0 saturated carbocycles. The normalized spacial score (nSPS) is 10.3. The quantitative estimate of drug-likeness (QED) is 0.672. The number of carbonyl (C=O) groups is 1. The number of nitrogens with zero attached hydrogens (tertiary/aromatic N) is 2. The number of carbonyl (C=O) groups excluding carboxylic acids is 1. The summed E-state index contributed by atoms with van der Waals surface area (Å²) in [6.45, 7) is 0.843. The molecular formula is C20H19FN4O2. The molecule has 0 spiro atoms. The Morgan fingerprint density at radius 1 is 1.00 bits per heavy atom. The van der Waals surface area contributed by atoms with Gasteiger partial charge in [0.15, 0.2) is 0 Å². The highest BCUT2D eigenvalue weighted by atomic mass is 19.1. The van der Waals surface area contributed by atoms with Crippen LogP contribution in [0.4, 0.5) is 10.2 Å². The van der Waals surface area contributed by atoms with E-state index in [9.17, 15) is 9.18 Å². The van der Waals surface area contributed by atoms with E-state index in [-0.39, 0.29) is 17.4 Å². The highest BCUT2D eigenvalue weighted by Gasteiger charge is 2.09. The molecule has 0 aliphatic rings. The lowest BCUT2D eigenvalue weighted by molar-refractivity contribution is 0.0946. The summed E-state index contributed by atoms with van der Waals surface area (Å²) in [7, 11) is 1.60. The highest BCUT2D eigenvalue weighted by molar-refractivity contribution is 5.92. The van der Waals surface area contributed by atoms with Gasteiger partial charge in [0.25, 0.3) is 5.91 Å². The number of anilines is 1. The summed E-state index contributed by atoms with van der Waals surface area (Å²) in [5, 5.41) is 5.92. The van der Waals surface area contributed by atoms with E-state index in [0.717, 1.165) is 16.9 Å². The van der Waals surface area contributed by atoms with E-state index in [1.54, 1.807) is 25.3 Å². The molecule has 1 heterocycles. The van der Waals surface area contributed by atoms with Crippen LogP contribution in [0.15, 0.2) is 60.9 Å². The van der Waals surface area contributed by atoms with E-state index < -0.39 is 0 Å². The summed E-state index contributed by atoms with van der Waals surface area (Å²) < 4.78 is 18.0. The Morgan fingerprint density at radius 3 is 2.37 bits per heavy atom. The van der Waals surface area contributed by atoms with Crippen molar-refractivity contribution in [2.75, 3.05) is 12.4 Å². The minimum absolute atomic E-state index is 0.264. The van der Waals surface area contributed by atoms with Gasteiger partial charge in [0, 0.05) is 19.2 Å². The fraction of sp³-hybridized carbons (Fsp3) is 0.150. The van der Waals surface area contributed by atoms with Crippen LogP contribution >= 0.6 is 0 Å². The topological polar surface area (TPSA) is 76.1 Å². The summed E-state index contributed by atoms with van der Waals surface area (Å²) in [6, 6.07) is 15.2. The molecule has 27 heavy (non-hydrogen) atoms. The molecule has 0 fully saturated rings. The number of methoxy groups -OCH3 is 1. The lowest BCUT2D eigenvalue weighted by Crippen LogP contribution is -2.24. The molecule has 0 atom stereocenters. The molecule has 0 bridgehead atoms. The Bertz CT molecular complexity index is 899. The maximum absolute atomic E-state index is 12.9. The van der Waals surface area contributed by atoms with Gasteiger partial charge in [-0.25, -0.2) is 14.4 Å². The maximum Gasteiger partial charge on any atom is 0.270 e. The van der Waals surface area contributed by atoms with Crippen LogP contribution in [0.25, 0.3) is 0 Å². The molecule has 0 aliphatic heterocycles. The van der Waals surface area contributed by atoms with Gasteiger partial charge >= 0.3 is 0 Å². The Morgan fingerprint density at radius 2 is 1.67 bits per heavy atom. The SMILES string of the molecule is COc1ccc(CNC(=O)c2cc(NCc3ccc(F)cc3)ncn2)cc1. The summed E-state index contributed by atoms with van der Waals surface area (Å²) >= 11 is 0. The number of amides is 1. The third kappa shape index (κ3) is 5.24. The van der Waals surface area contributed by atoms with Gasteiger partial charge in [0.2, 0.25) is 0 Å². The predicted molar refractivity (Wildman–Crippen MR) is 99.9 cm³/mol. The van der Waals surface area contributed by atoms with Gasteiger partial charge in [-0.1, -0.05) is 24.3 Å². The monoisotopic (exact) mass is 366 g/mol. The lowest BCUT2D eigenvalue weighted by atomic mass is 10.2. The third-order valence-electron chi connectivity index (χ3n) is 3.90. The zero-order valence-corrected chi connectivity index (χ0v) is 14.8. The van der Waals surface area contributed by atoms with E-state index in [4.69, 9.17) is 4.74 Å². The number of nitrogens with one attached hydrogen (secondary N) is 2. The summed E-state index contributed by atoms with van der Waals surface area (Å²) in [5.74, 6) is 0.705. The second-order valence-electron chi connectivity index (χ2n) is 5.80. The minimum atomic E-state index is -0.293. The molecule has 3 aromatic rings. The average Bonchev–Trinajstić information content (AvgIpc) is 2.72. The molecular weight excluding hydrogens is 347 g/mol. The number of hydrogen-bond donors (Lipinski definition) is 2. The molecule has 0 radical (unpaired) electrons. The molecule has 2 N–H and O–H groups in total. The Kier molecular flexibility index (Phi) is 5.94. The first-order valence-electron chi connectivity index (χ1n) is 8.35. The van der Waals surface area contributed by atoms with Crippen LogP contribution in [0.5, 0.6) is 5.75 Å². The van der Waals surface area contributed by atoms with Crippen molar-refractivity contribution in [2.45, 2.75) is 13.1 Å². The van der Waals surface area contributed by atoms with Crippen LogP contribution in [-0.2, 0) is 13.1 Å². The smallest absolute Gasteiger partial charge is 0.270 e. The summed E-state index contributed by atoms with van der Waals surface area (Å²) in [5.41, 5.74) is 2.12. The number of halogens is 1. The molecule has 7 heteroatoms. The molecule has 3 rings (SSSR count). The van der Waals surface area contributed by atoms with Crippen LogP contribution in [0.1, 0.15) is 21.6 Å². The van der Waals surface area contributed by atoms with Crippen LogP contribution in [-0.4, -0.2) is 23.0 Å². The van der Waals surface area contributed by atoms with Crippen LogP contribution < -0.4 is 15.4 Å².